The maximum atomic E-state index is 6.02. The molecule has 3 heterocycles. The Labute approximate surface area is 142 Å². The highest BCUT2D eigenvalue weighted by Gasteiger charge is 2.10. The van der Waals surface area contributed by atoms with Crippen molar-refractivity contribution in [2.24, 2.45) is 0 Å². The van der Waals surface area contributed by atoms with Crippen molar-refractivity contribution in [2.75, 3.05) is 5.32 Å². The molecule has 0 atom stereocenters. The highest BCUT2D eigenvalue weighted by atomic mass is 35.5. The fourth-order valence-corrected chi connectivity index (χ4v) is 3.36. The van der Waals surface area contributed by atoms with Crippen LogP contribution < -0.4 is 5.32 Å². The van der Waals surface area contributed by atoms with Crippen molar-refractivity contribution in [3.63, 3.8) is 0 Å². The zero-order valence-corrected chi connectivity index (χ0v) is 13.7. The summed E-state index contributed by atoms with van der Waals surface area (Å²) in [6.45, 7) is 0.647. The highest BCUT2D eigenvalue weighted by molar-refractivity contribution is 7.08. The van der Waals surface area contributed by atoms with Crippen molar-refractivity contribution < 1.29 is 0 Å². The van der Waals surface area contributed by atoms with E-state index in [0.717, 1.165) is 33.3 Å². The average molecular weight is 341 g/mol. The van der Waals surface area contributed by atoms with Crippen LogP contribution in [-0.2, 0) is 6.54 Å². The molecule has 0 saturated carbocycles. The lowest BCUT2D eigenvalue weighted by Crippen LogP contribution is -2.04. The minimum absolute atomic E-state index is 0.647. The van der Waals surface area contributed by atoms with E-state index in [4.69, 9.17) is 11.6 Å². The van der Waals surface area contributed by atoms with Crippen LogP contribution in [0.2, 0.25) is 5.02 Å². The monoisotopic (exact) mass is 340 g/mol. The number of benzene rings is 1. The Bertz CT molecular complexity index is 946. The van der Waals surface area contributed by atoms with Gasteiger partial charge in [-0.15, -0.1) is 0 Å². The predicted octanol–water partition coefficient (Wildman–Crippen LogP) is 4.72. The summed E-state index contributed by atoms with van der Waals surface area (Å²) in [6.07, 6.45) is 5.61. The summed E-state index contributed by atoms with van der Waals surface area (Å²) in [5.41, 5.74) is 4.10. The lowest BCUT2D eigenvalue weighted by molar-refractivity contribution is 1.07. The van der Waals surface area contributed by atoms with Crippen molar-refractivity contribution >= 4 is 34.4 Å². The van der Waals surface area contributed by atoms with Gasteiger partial charge in [-0.25, -0.2) is 9.97 Å². The third-order valence-electron chi connectivity index (χ3n) is 3.59. The van der Waals surface area contributed by atoms with Gasteiger partial charge >= 0.3 is 0 Å². The standard InChI is InChI=1S/C17H13ClN4S/c18-14-3-1-2-12(8-14)9-20-16-17-19-5-6-22(17)15(10-21-16)13-4-7-23-11-13/h1-8,10-11H,9H2,(H,20,21). The van der Waals surface area contributed by atoms with E-state index in [1.165, 1.54) is 0 Å². The molecule has 0 unspecified atom stereocenters. The molecule has 4 nitrogen and oxygen atoms in total. The van der Waals surface area contributed by atoms with Crippen LogP contribution in [0.1, 0.15) is 5.56 Å². The Balaban J connectivity index is 1.66. The van der Waals surface area contributed by atoms with E-state index in [9.17, 15) is 0 Å². The number of hydrogen-bond acceptors (Lipinski definition) is 4. The molecule has 6 heteroatoms. The first-order valence-corrected chi connectivity index (χ1v) is 8.46. The molecular weight excluding hydrogens is 328 g/mol. The van der Waals surface area contributed by atoms with Crippen molar-refractivity contribution in [3.8, 4) is 11.3 Å². The van der Waals surface area contributed by atoms with Crippen LogP contribution in [0.15, 0.2) is 59.7 Å². The molecule has 0 aliphatic heterocycles. The van der Waals surface area contributed by atoms with Crippen LogP contribution >= 0.6 is 22.9 Å². The Morgan fingerprint density at radius 3 is 3.00 bits per heavy atom. The van der Waals surface area contributed by atoms with Gasteiger partial charge in [0, 0.05) is 34.9 Å². The summed E-state index contributed by atoms with van der Waals surface area (Å²) in [6, 6.07) is 9.86. The fraction of sp³-hybridized carbons (Fsp3) is 0.0588. The summed E-state index contributed by atoms with van der Waals surface area (Å²) in [5.74, 6) is 0.758. The molecule has 0 bridgehead atoms. The minimum Gasteiger partial charge on any atom is -0.363 e. The van der Waals surface area contributed by atoms with Crippen LogP contribution in [0.4, 0.5) is 5.82 Å². The number of rotatable bonds is 4. The van der Waals surface area contributed by atoms with Gasteiger partial charge in [-0.3, -0.25) is 4.40 Å². The van der Waals surface area contributed by atoms with Crippen LogP contribution in [0.5, 0.6) is 0 Å². The lowest BCUT2D eigenvalue weighted by Gasteiger charge is -2.10. The number of imidazole rings is 1. The van der Waals surface area contributed by atoms with Crippen molar-refractivity contribution in [2.45, 2.75) is 6.54 Å². The van der Waals surface area contributed by atoms with Gasteiger partial charge < -0.3 is 5.32 Å². The second kappa shape index (κ2) is 6.02. The van der Waals surface area contributed by atoms with E-state index in [1.54, 1.807) is 17.5 Å². The first-order chi connectivity index (χ1) is 11.3. The van der Waals surface area contributed by atoms with Gasteiger partial charge in [-0.05, 0) is 29.1 Å². The number of anilines is 1. The zero-order chi connectivity index (χ0) is 15.6. The summed E-state index contributed by atoms with van der Waals surface area (Å²) >= 11 is 7.69. The Morgan fingerprint density at radius 1 is 1.22 bits per heavy atom. The third-order valence-corrected chi connectivity index (χ3v) is 4.51. The number of hydrogen-bond donors (Lipinski definition) is 1. The summed E-state index contributed by atoms with van der Waals surface area (Å²) in [7, 11) is 0. The van der Waals surface area contributed by atoms with Gasteiger partial charge in [0.15, 0.2) is 11.5 Å². The Hall–Kier alpha value is -2.37. The molecule has 23 heavy (non-hydrogen) atoms. The molecule has 114 valence electrons. The molecule has 0 amide bonds. The molecule has 0 saturated heterocycles. The minimum atomic E-state index is 0.647. The topological polar surface area (TPSA) is 42.2 Å². The van der Waals surface area contributed by atoms with Crippen LogP contribution in [-0.4, -0.2) is 14.4 Å². The Morgan fingerprint density at radius 2 is 2.17 bits per heavy atom. The molecule has 0 aliphatic rings. The highest BCUT2D eigenvalue weighted by Crippen LogP contribution is 2.25. The van der Waals surface area contributed by atoms with E-state index >= 15 is 0 Å². The number of halogens is 1. The number of nitrogens with zero attached hydrogens (tertiary/aromatic N) is 3. The first kappa shape index (κ1) is 14.2. The quantitative estimate of drug-likeness (QED) is 0.584. The molecule has 3 aromatic heterocycles. The molecule has 4 rings (SSSR count). The zero-order valence-electron chi connectivity index (χ0n) is 12.1. The summed E-state index contributed by atoms with van der Waals surface area (Å²) < 4.78 is 2.05. The number of aromatic nitrogens is 3. The molecule has 1 aromatic carbocycles. The fourth-order valence-electron chi connectivity index (χ4n) is 2.50. The molecule has 0 spiro atoms. The van der Waals surface area contributed by atoms with E-state index in [-0.39, 0.29) is 0 Å². The molecular formula is C17H13ClN4S. The van der Waals surface area contributed by atoms with Gasteiger partial charge in [0.25, 0.3) is 0 Å². The van der Waals surface area contributed by atoms with E-state index < -0.39 is 0 Å². The summed E-state index contributed by atoms with van der Waals surface area (Å²) in [4.78, 5) is 8.98. The maximum absolute atomic E-state index is 6.02. The van der Waals surface area contributed by atoms with Gasteiger partial charge in [0.1, 0.15) is 0 Å². The second-order valence-electron chi connectivity index (χ2n) is 5.11. The van der Waals surface area contributed by atoms with Crippen LogP contribution in [0, 0.1) is 0 Å². The van der Waals surface area contributed by atoms with Crippen molar-refractivity contribution in [1.82, 2.24) is 14.4 Å². The smallest absolute Gasteiger partial charge is 0.180 e. The molecule has 0 aliphatic carbocycles. The van der Waals surface area contributed by atoms with E-state index in [0.29, 0.717) is 6.54 Å². The third kappa shape index (κ3) is 2.81. The van der Waals surface area contributed by atoms with Gasteiger partial charge in [0.05, 0.1) is 11.9 Å². The SMILES string of the molecule is Clc1cccc(CNc2ncc(-c3ccsc3)n3ccnc23)c1. The largest absolute Gasteiger partial charge is 0.363 e. The van der Waals surface area contributed by atoms with Gasteiger partial charge in [-0.1, -0.05) is 23.7 Å². The number of fused-ring (bicyclic) bond motifs is 1. The first-order valence-electron chi connectivity index (χ1n) is 7.14. The Kier molecular flexibility index (Phi) is 3.73. The lowest BCUT2D eigenvalue weighted by atomic mass is 10.2. The maximum Gasteiger partial charge on any atom is 0.180 e. The normalized spacial score (nSPS) is 11.0. The number of thiophene rings is 1. The van der Waals surface area contributed by atoms with Crippen molar-refractivity contribution in [3.05, 3.63) is 70.3 Å². The van der Waals surface area contributed by atoms with Gasteiger partial charge in [0.2, 0.25) is 0 Å². The predicted molar refractivity (Wildman–Crippen MR) is 95.1 cm³/mol. The molecule has 4 aromatic rings. The molecule has 0 fully saturated rings. The van der Waals surface area contributed by atoms with Gasteiger partial charge in [-0.2, -0.15) is 11.3 Å². The summed E-state index contributed by atoms with van der Waals surface area (Å²) in [5, 5.41) is 8.24. The second-order valence-corrected chi connectivity index (χ2v) is 6.32. The average Bonchev–Trinajstić information content (AvgIpc) is 3.24. The van der Waals surface area contributed by atoms with Crippen molar-refractivity contribution in [1.29, 1.82) is 0 Å². The van der Waals surface area contributed by atoms with E-state index in [2.05, 4.69) is 36.5 Å². The van der Waals surface area contributed by atoms with Crippen LogP contribution in [0.3, 0.4) is 0 Å². The molecule has 0 radical (unpaired) electrons. The van der Waals surface area contributed by atoms with Crippen LogP contribution in [0.25, 0.3) is 16.9 Å². The van der Waals surface area contributed by atoms with E-state index in [1.807, 2.05) is 36.7 Å². The molecule has 1 N–H and O–H groups in total. The number of nitrogens with one attached hydrogen (secondary N) is 1.